The van der Waals surface area contributed by atoms with Crippen LogP contribution in [-0.2, 0) is 4.79 Å². The second-order valence-corrected chi connectivity index (χ2v) is 6.88. The molecule has 0 radical (unpaired) electrons. The Morgan fingerprint density at radius 3 is 2.57 bits per heavy atom. The zero-order valence-electron chi connectivity index (χ0n) is 14.8. The van der Waals surface area contributed by atoms with Crippen LogP contribution in [0, 0.1) is 5.92 Å². The molecular weight excluding hydrogens is 288 g/mol. The van der Waals surface area contributed by atoms with Crippen molar-refractivity contribution in [3.8, 4) is 5.75 Å². The third-order valence-corrected chi connectivity index (χ3v) is 4.75. The lowest BCUT2D eigenvalue weighted by Gasteiger charge is -2.33. The molecule has 2 unspecified atom stereocenters. The molecule has 4 nitrogen and oxygen atoms in total. The van der Waals surface area contributed by atoms with Crippen LogP contribution in [0.4, 0.5) is 0 Å². The van der Waals surface area contributed by atoms with Crippen LogP contribution in [0.25, 0.3) is 0 Å². The van der Waals surface area contributed by atoms with Crippen molar-refractivity contribution in [2.24, 2.45) is 5.92 Å². The first-order valence-corrected chi connectivity index (χ1v) is 8.68. The van der Waals surface area contributed by atoms with Gasteiger partial charge in [-0.3, -0.25) is 9.69 Å². The number of piperidine rings is 1. The molecule has 0 aromatic heterocycles. The highest BCUT2D eigenvalue weighted by Gasteiger charge is 2.23. The van der Waals surface area contributed by atoms with E-state index in [1.54, 1.807) is 7.11 Å². The maximum atomic E-state index is 12.5. The van der Waals surface area contributed by atoms with Crippen molar-refractivity contribution in [1.82, 2.24) is 10.2 Å². The fraction of sp³-hybridized carbons (Fsp3) is 0.632. The minimum atomic E-state index is 0.0357. The molecule has 0 spiro atoms. The predicted molar refractivity (Wildman–Crippen MR) is 93.6 cm³/mol. The zero-order valence-corrected chi connectivity index (χ0v) is 14.8. The summed E-state index contributed by atoms with van der Waals surface area (Å²) in [6, 6.07) is 8.51. The largest absolute Gasteiger partial charge is 0.497 e. The number of hydrogen-bond donors (Lipinski definition) is 1. The van der Waals surface area contributed by atoms with Gasteiger partial charge in [-0.05, 0) is 49.9 Å². The third kappa shape index (κ3) is 4.96. The van der Waals surface area contributed by atoms with Crippen molar-refractivity contribution >= 4 is 5.91 Å². The minimum absolute atomic E-state index is 0.0357. The molecule has 1 N–H and O–H groups in total. The van der Waals surface area contributed by atoms with Crippen LogP contribution in [0.15, 0.2) is 24.3 Å². The summed E-state index contributed by atoms with van der Waals surface area (Å²) in [6.07, 6.45) is 3.67. The number of carbonyl (C=O) groups excluding carboxylic acids is 1. The third-order valence-electron chi connectivity index (χ3n) is 4.75. The molecule has 0 bridgehead atoms. The van der Waals surface area contributed by atoms with Crippen molar-refractivity contribution in [3.05, 3.63) is 29.8 Å². The Labute approximate surface area is 140 Å². The first-order chi connectivity index (χ1) is 11.0. The number of rotatable bonds is 6. The van der Waals surface area contributed by atoms with Gasteiger partial charge >= 0.3 is 0 Å². The van der Waals surface area contributed by atoms with Gasteiger partial charge in [-0.25, -0.2) is 0 Å². The Bertz CT molecular complexity index is 499. The second kappa shape index (κ2) is 8.34. The number of benzene rings is 1. The minimum Gasteiger partial charge on any atom is -0.497 e. The molecule has 0 saturated carbocycles. The fourth-order valence-electron chi connectivity index (χ4n) is 3.24. The highest BCUT2D eigenvalue weighted by molar-refractivity contribution is 5.78. The van der Waals surface area contributed by atoms with E-state index < -0.39 is 0 Å². The zero-order chi connectivity index (χ0) is 16.8. The summed E-state index contributed by atoms with van der Waals surface area (Å²) in [5.74, 6) is 1.30. The van der Waals surface area contributed by atoms with Gasteiger partial charge in [0.15, 0.2) is 0 Å². The maximum absolute atomic E-state index is 12.5. The van der Waals surface area contributed by atoms with Gasteiger partial charge in [0.1, 0.15) is 5.75 Å². The van der Waals surface area contributed by atoms with Gasteiger partial charge in [0.05, 0.1) is 19.7 Å². The molecule has 0 aliphatic carbocycles. The quantitative estimate of drug-likeness (QED) is 0.874. The van der Waals surface area contributed by atoms with E-state index in [1.807, 2.05) is 24.3 Å². The molecule has 1 aromatic rings. The van der Waals surface area contributed by atoms with E-state index in [9.17, 15) is 4.79 Å². The fourth-order valence-corrected chi connectivity index (χ4v) is 3.24. The number of carbonyl (C=O) groups is 1. The van der Waals surface area contributed by atoms with E-state index in [-0.39, 0.29) is 11.9 Å². The number of likely N-dealkylation sites (tertiary alicyclic amines) is 1. The first-order valence-electron chi connectivity index (χ1n) is 8.68. The smallest absolute Gasteiger partial charge is 0.234 e. The van der Waals surface area contributed by atoms with Crippen molar-refractivity contribution < 1.29 is 9.53 Å². The van der Waals surface area contributed by atoms with Crippen LogP contribution in [-0.4, -0.2) is 37.0 Å². The van der Waals surface area contributed by atoms with Gasteiger partial charge in [-0.1, -0.05) is 32.4 Å². The van der Waals surface area contributed by atoms with Crippen molar-refractivity contribution in [2.45, 2.75) is 52.1 Å². The number of ether oxygens (including phenoxy) is 1. The van der Waals surface area contributed by atoms with E-state index in [1.165, 1.54) is 19.3 Å². The topological polar surface area (TPSA) is 41.6 Å². The van der Waals surface area contributed by atoms with Gasteiger partial charge in [0, 0.05) is 6.04 Å². The van der Waals surface area contributed by atoms with Crippen LogP contribution >= 0.6 is 0 Å². The molecule has 1 aliphatic rings. The monoisotopic (exact) mass is 318 g/mol. The average Bonchev–Trinajstić information content (AvgIpc) is 2.55. The van der Waals surface area contributed by atoms with E-state index in [2.05, 4.69) is 31.0 Å². The highest BCUT2D eigenvalue weighted by atomic mass is 16.5. The first kappa shape index (κ1) is 17.8. The van der Waals surface area contributed by atoms with E-state index in [0.717, 1.165) is 17.9 Å². The summed E-state index contributed by atoms with van der Waals surface area (Å²) in [4.78, 5) is 14.8. The van der Waals surface area contributed by atoms with Gasteiger partial charge in [-0.2, -0.15) is 0 Å². The van der Waals surface area contributed by atoms with Gasteiger partial charge in [0.2, 0.25) is 5.91 Å². The molecule has 23 heavy (non-hydrogen) atoms. The lowest BCUT2D eigenvalue weighted by Crippen LogP contribution is -2.45. The molecule has 1 aliphatic heterocycles. The summed E-state index contributed by atoms with van der Waals surface area (Å²) < 4.78 is 5.21. The maximum Gasteiger partial charge on any atom is 0.234 e. The number of nitrogens with zero attached hydrogens (tertiary/aromatic N) is 1. The van der Waals surface area contributed by atoms with Crippen LogP contribution < -0.4 is 10.1 Å². The molecule has 4 heteroatoms. The number of amides is 1. The number of hydrogen-bond acceptors (Lipinski definition) is 3. The van der Waals surface area contributed by atoms with Crippen molar-refractivity contribution in [3.63, 3.8) is 0 Å². The molecule has 1 amide bonds. The number of methoxy groups -OCH3 is 1. The van der Waals surface area contributed by atoms with Crippen LogP contribution in [0.1, 0.15) is 51.6 Å². The molecule has 2 atom stereocenters. The molecule has 1 saturated heterocycles. The molecule has 128 valence electrons. The Kier molecular flexibility index (Phi) is 6.46. The van der Waals surface area contributed by atoms with Gasteiger partial charge < -0.3 is 10.1 Å². The molecule has 1 aromatic carbocycles. The second-order valence-electron chi connectivity index (χ2n) is 6.88. The van der Waals surface area contributed by atoms with E-state index in [4.69, 9.17) is 4.74 Å². The predicted octanol–water partition coefficient (Wildman–Crippen LogP) is 3.38. The van der Waals surface area contributed by atoms with Crippen LogP contribution in [0.5, 0.6) is 5.75 Å². The highest BCUT2D eigenvalue weighted by Crippen LogP contribution is 2.24. The Morgan fingerprint density at radius 1 is 1.30 bits per heavy atom. The summed E-state index contributed by atoms with van der Waals surface area (Å²) in [6.45, 7) is 8.03. The lowest BCUT2D eigenvalue weighted by molar-refractivity contribution is -0.124. The van der Waals surface area contributed by atoms with Crippen LogP contribution in [0.2, 0.25) is 0 Å². The average molecular weight is 318 g/mol. The molecule has 2 rings (SSSR count). The lowest BCUT2D eigenvalue weighted by atomic mass is 9.96. The van der Waals surface area contributed by atoms with E-state index in [0.29, 0.717) is 18.5 Å². The normalized spacial score (nSPS) is 20.3. The SMILES string of the molecule is COc1ccc(C(NC(=O)CN2CCCCC2C)C(C)C)cc1. The summed E-state index contributed by atoms with van der Waals surface area (Å²) in [7, 11) is 1.66. The number of nitrogens with one attached hydrogen (secondary N) is 1. The van der Waals surface area contributed by atoms with Gasteiger partial charge in [0.25, 0.3) is 0 Å². The van der Waals surface area contributed by atoms with E-state index >= 15 is 0 Å². The summed E-state index contributed by atoms with van der Waals surface area (Å²) >= 11 is 0. The van der Waals surface area contributed by atoms with Crippen molar-refractivity contribution in [1.29, 1.82) is 0 Å². The summed E-state index contributed by atoms with van der Waals surface area (Å²) in [5.41, 5.74) is 1.13. The molecule has 1 heterocycles. The Hall–Kier alpha value is -1.55. The van der Waals surface area contributed by atoms with Crippen molar-refractivity contribution in [2.75, 3.05) is 20.2 Å². The van der Waals surface area contributed by atoms with Crippen LogP contribution in [0.3, 0.4) is 0 Å². The Balaban J connectivity index is 1.99. The summed E-state index contributed by atoms with van der Waals surface area (Å²) in [5, 5.41) is 3.22. The standard InChI is InChI=1S/C19H30N2O2/c1-14(2)19(16-8-10-17(23-4)11-9-16)20-18(22)13-21-12-6-5-7-15(21)3/h8-11,14-15,19H,5-7,12-13H2,1-4H3,(H,20,22). The molecular formula is C19H30N2O2. The van der Waals surface area contributed by atoms with Gasteiger partial charge in [-0.15, -0.1) is 0 Å². The Morgan fingerprint density at radius 2 is 2.00 bits per heavy atom. The molecule has 1 fully saturated rings.